The van der Waals surface area contributed by atoms with E-state index in [2.05, 4.69) is 5.32 Å². The molecule has 0 aromatic heterocycles. The second-order valence-electron chi connectivity index (χ2n) is 7.85. The molecule has 3 rings (SSSR count). The highest BCUT2D eigenvalue weighted by molar-refractivity contribution is 7.89. The molecule has 1 amide bonds. The van der Waals surface area contributed by atoms with E-state index in [9.17, 15) is 13.2 Å². The predicted molar refractivity (Wildman–Crippen MR) is 130 cm³/mol. The summed E-state index contributed by atoms with van der Waals surface area (Å²) in [5, 5.41) is 3.58. The SMILES string of the molecule is COc1ccc(C(=O)N[C@@H](C)c2ccc(Cl)cc2)cc1CN(C)S(=O)(=O)c1ccc(C)cc1. The molecular weight excluding hydrogens is 460 g/mol. The van der Waals surface area contributed by atoms with Gasteiger partial charge in [-0.05, 0) is 61.9 Å². The van der Waals surface area contributed by atoms with Crippen LogP contribution in [0.15, 0.2) is 71.6 Å². The number of aryl methyl sites for hydroxylation is 1. The maximum absolute atomic E-state index is 13.0. The number of ether oxygens (including phenoxy) is 1. The van der Waals surface area contributed by atoms with Crippen molar-refractivity contribution in [2.45, 2.75) is 31.3 Å². The van der Waals surface area contributed by atoms with Crippen molar-refractivity contribution in [3.63, 3.8) is 0 Å². The van der Waals surface area contributed by atoms with E-state index in [1.807, 2.05) is 26.0 Å². The Bertz CT molecular complexity index is 1230. The van der Waals surface area contributed by atoms with Crippen LogP contribution in [0.3, 0.4) is 0 Å². The second kappa shape index (κ2) is 10.4. The zero-order chi connectivity index (χ0) is 24.2. The Morgan fingerprint density at radius 2 is 1.70 bits per heavy atom. The van der Waals surface area contributed by atoms with Crippen LogP contribution < -0.4 is 10.1 Å². The number of rotatable bonds is 8. The van der Waals surface area contributed by atoms with Crippen LogP contribution in [0, 0.1) is 6.92 Å². The number of hydrogen-bond acceptors (Lipinski definition) is 4. The van der Waals surface area contributed by atoms with E-state index < -0.39 is 10.0 Å². The van der Waals surface area contributed by atoms with Crippen LogP contribution in [-0.2, 0) is 16.6 Å². The van der Waals surface area contributed by atoms with Gasteiger partial charge in [0.1, 0.15) is 5.75 Å². The van der Waals surface area contributed by atoms with Crippen LogP contribution in [0.2, 0.25) is 5.02 Å². The minimum atomic E-state index is -3.70. The molecule has 0 aliphatic heterocycles. The van der Waals surface area contributed by atoms with Crippen molar-refractivity contribution >= 4 is 27.5 Å². The molecule has 0 heterocycles. The number of benzene rings is 3. The molecule has 0 aliphatic rings. The normalized spacial score (nSPS) is 12.4. The zero-order valence-corrected chi connectivity index (χ0v) is 20.6. The zero-order valence-electron chi connectivity index (χ0n) is 19.0. The van der Waals surface area contributed by atoms with E-state index >= 15 is 0 Å². The van der Waals surface area contributed by atoms with E-state index in [0.717, 1.165) is 11.1 Å². The lowest BCUT2D eigenvalue weighted by Gasteiger charge is -2.20. The molecule has 0 bridgehead atoms. The van der Waals surface area contributed by atoms with Crippen LogP contribution in [0.4, 0.5) is 0 Å². The van der Waals surface area contributed by atoms with Gasteiger partial charge in [0.15, 0.2) is 0 Å². The van der Waals surface area contributed by atoms with Gasteiger partial charge in [-0.15, -0.1) is 0 Å². The molecule has 3 aromatic rings. The van der Waals surface area contributed by atoms with E-state index in [1.165, 1.54) is 18.5 Å². The van der Waals surface area contributed by atoms with Gasteiger partial charge in [0.25, 0.3) is 5.91 Å². The Kier molecular flexibility index (Phi) is 7.79. The molecule has 6 nitrogen and oxygen atoms in total. The summed E-state index contributed by atoms with van der Waals surface area (Å²) in [6, 6.07) is 18.7. The molecule has 0 fully saturated rings. The predicted octanol–water partition coefficient (Wildman–Crippen LogP) is 4.97. The molecule has 0 saturated heterocycles. The lowest BCUT2D eigenvalue weighted by Crippen LogP contribution is -2.28. The third-order valence-corrected chi connectivity index (χ3v) is 7.45. The van der Waals surface area contributed by atoms with E-state index in [1.54, 1.807) is 54.6 Å². The summed E-state index contributed by atoms with van der Waals surface area (Å²) >= 11 is 5.94. The third-order valence-electron chi connectivity index (χ3n) is 5.38. The maximum atomic E-state index is 13.0. The van der Waals surface area contributed by atoms with Gasteiger partial charge in [-0.2, -0.15) is 4.31 Å². The average molecular weight is 487 g/mol. The summed E-state index contributed by atoms with van der Waals surface area (Å²) in [4.78, 5) is 13.1. The molecule has 0 radical (unpaired) electrons. The number of methoxy groups -OCH3 is 1. The first kappa shape index (κ1) is 24.8. The number of carbonyl (C=O) groups excluding carboxylic acids is 1. The van der Waals surface area contributed by atoms with Crippen molar-refractivity contribution in [3.8, 4) is 5.75 Å². The Morgan fingerprint density at radius 3 is 2.30 bits per heavy atom. The number of nitrogens with zero attached hydrogens (tertiary/aromatic N) is 1. The molecule has 8 heteroatoms. The molecule has 0 unspecified atom stereocenters. The first-order chi connectivity index (χ1) is 15.6. The highest BCUT2D eigenvalue weighted by Gasteiger charge is 2.23. The smallest absolute Gasteiger partial charge is 0.251 e. The molecule has 174 valence electrons. The first-order valence-electron chi connectivity index (χ1n) is 10.4. The number of amides is 1. The Hall–Kier alpha value is -2.87. The van der Waals surface area contributed by atoms with E-state index in [-0.39, 0.29) is 23.4 Å². The van der Waals surface area contributed by atoms with Crippen molar-refractivity contribution in [2.75, 3.05) is 14.2 Å². The number of sulfonamides is 1. The van der Waals surface area contributed by atoms with Crippen molar-refractivity contribution < 1.29 is 17.9 Å². The van der Waals surface area contributed by atoms with Gasteiger partial charge in [-0.1, -0.05) is 41.4 Å². The lowest BCUT2D eigenvalue weighted by atomic mass is 10.1. The number of carbonyl (C=O) groups is 1. The third kappa shape index (κ3) is 5.93. The van der Waals surface area contributed by atoms with Crippen LogP contribution in [0.25, 0.3) is 0 Å². The maximum Gasteiger partial charge on any atom is 0.251 e. The van der Waals surface area contributed by atoms with Gasteiger partial charge in [0.05, 0.1) is 18.0 Å². The Morgan fingerprint density at radius 1 is 1.06 bits per heavy atom. The first-order valence-corrected chi connectivity index (χ1v) is 12.2. The molecule has 1 N–H and O–H groups in total. The van der Waals surface area contributed by atoms with Crippen LogP contribution in [-0.4, -0.2) is 32.8 Å². The fourth-order valence-corrected chi connectivity index (χ4v) is 4.65. The molecular formula is C25H27ClN2O4S. The highest BCUT2D eigenvalue weighted by atomic mass is 35.5. The lowest BCUT2D eigenvalue weighted by molar-refractivity contribution is 0.0939. The molecule has 1 atom stereocenters. The van der Waals surface area contributed by atoms with Crippen molar-refractivity contribution in [1.82, 2.24) is 9.62 Å². The second-order valence-corrected chi connectivity index (χ2v) is 10.3. The fraction of sp³-hybridized carbons (Fsp3) is 0.240. The Labute approximate surface area is 200 Å². The highest BCUT2D eigenvalue weighted by Crippen LogP contribution is 2.25. The summed E-state index contributed by atoms with van der Waals surface area (Å²) in [6.45, 7) is 3.83. The van der Waals surface area contributed by atoms with Crippen molar-refractivity contribution in [3.05, 3.63) is 94.0 Å². The van der Waals surface area contributed by atoms with Crippen LogP contribution in [0.1, 0.15) is 40.0 Å². The van der Waals surface area contributed by atoms with Crippen molar-refractivity contribution in [1.29, 1.82) is 0 Å². The van der Waals surface area contributed by atoms with Gasteiger partial charge in [0, 0.05) is 29.7 Å². The van der Waals surface area contributed by atoms with E-state index in [4.69, 9.17) is 16.3 Å². The summed E-state index contributed by atoms with van der Waals surface area (Å²) in [6.07, 6.45) is 0. The quantitative estimate of drug-likeness (QED) is 0.487. The molecule has 3 aromatic carbocycles. The molecule has 0 spiro atoms. The Balaban J connectivity index is 1.80. The topological polar surface area (TPSA) is 75.7 Å². The van der Waals surface area contributed by atoms with Crippen molar-refractivity contribution in [2.24, 2.45) is 0 Å². The summed E-state index contributed by atoms with van der Waals surface area (Å²) in [7, 11) is -0.691. The average Bonchev–Trinajstić information content (AvgIpc) is 2.79. The minimum absolute atomic E-state index is 0.0489. The minimum Gasteiger partial charge on any atom is -0.496 e. The van der Waals surface area contributed by atoms with Gasteiger partial charge in [-0.25, -0.2) is 8.42 Å². The summed E-state index contributed by atoms with van der Waals surface area (Å²) in [5.41, 5.74) is 2.89. The van der Waals surface area contributed by atoms with Gasteiger partial charge in [-0.3, -0.25) is 4.79 Å². The molecule has 0 saturated carbocycles. The standard InChI is InChI=1S/C25H27ClN2O4S/c1-17-5-12-23(13-6-17)33(30,31)28(3)16-21-15-20(9-14-24(21)32-4)25(29)27-18(2)19-7-10-22(26)11-8-19/h5-15,18H,16H2,1-4H3,(H,27,29)/t18-/m0/s1. The van der Waals surface area contributed by atoms with Crippen LogP contribution in [0.5, 0.6) is 5.75 Å². The van der Waals surface area contributed by atoms with Gasteiger partial charge in [0.2, 0.25) is 10.0 Å². The van der Waals surface area contributed by atoms with Gasteiger partial charge >= 0.3 is 0 Å². The summed E-state index contributed by atoms with van der Waals surface area (Å²) in [5.74, 6) is 0.230. The molecule has 33 heavy (non-hydrogen) atoms. The number of halogens is 1. The monoisotopic (exact) mass is 486 g/mol. The summed E-state index contributed by atoms with van der Waals surface area (Å²) < 4.78 is 32.6. The largest absolute Gasteiger partial charge is 0.496 e. The van der Waals surface area contributed by atoms with E-state index in [0.29, 0.717) is 21.9 Å². The molecule has 0 aliphatic carbocycles. The number of nitrogens with one attached hydrogen (secondary N) is 1. The number of hydrogen-bond donors (Lipinski definition) is 1. The fourth-order valence-electron chi connectivity index (χ4n) is 3.37. The van der Waals surface area contributed by atoms with Gasteiger partial charge < -0.3 is 10.1 Å². The van der Waals surface area contributed by atoms with Crippen LogP contribution >= 0.6 is 11.6 Å².